The van der Waals surface area contributed by atoms with Crippen LogP contribution in [0.25, 0.3) is 0 Å². The molecule has 3 aromatic rings. The zero-order valence-corrected chi connectivity index (χ0v) is 18.1. The Balaban J connectivity index is 1.72. The molecule has 0 aliphatic rings. The smallest absolute Gasteiger partial charge is 0.229 e. The third-order valence-corrected chi connectivity index (χ3v) is 4.72. The fourth-order valence-electron chi connectivity index (χ4n) is 2.64. The Kier molecular flexibility index (Phi) is 6.46. The van der Waals surface area contributed by atoms with E-state index in [0.717, 1.165) is 23.9 Å². The van der Waals surface area contributed by atoms with Crippen LogP contribution in [0.4, 0.5) is 11.6 Å². The lowest BCUT2D eigenvalue weighted by atomic mass is 10.2. The summed E-state index contributed by atoms with van der Waals surface area (Å²) in [5, 5.41) is 3.22. The minimum atomic E-state index is -3.33. The molecule has 0 radical (unpaired) electrons. The molecule has 2 N–H and O–H groups in total. The van der Waals surface area contributed by atoms with Crippen LogP contribution >= 0.6 is 0 Å². The van der Waals surface area contributed by atoms with Crippen LogP contribution in [0, 0.1) is 6.92 Å². The van der Waals surface area contributed by atoms with E-state index in [0.29, 0.717) is 29.1 Å². The first-order valence-corrected chi connectivity index (χ1v) is 11.3. The standard InChI is InChI=1S/C20H24N6O3S/c1-5-15-11-21-20(22-12-15)23-13(2)18-10-19(25-14(3)24-18)29-17-8-6-16(7-9-17)26-30(4,27)28/h6-13,26H,5H2,1-4H3,(H,21,22,23). The highest BCUT2D eigenvalue weighted by atomic mass is 32.2. The maximum absolute atomic E-state index is 11.3. The third kappa shape index (κ3) is 6.11. The number of hydrogen-bond acceptors (Lipinski definition) is 8. The summed E-state index contributed by atoms with van der Waals surface area (Å²) in [6.45, 7) is 5.79. The van der Waals surface area contributed by atoms with Gasteiger partial charge in [0.05, 0.1) is 18.0 Å². The number of nitrogens with zero attached hydrogens (tertiary/aromatic N) is 4. The van der Waals surface area contributed by atoms with Crippen LogP contribution < -0.4 is 14.8 Å². The molecule has 0 aliphatic heterocycles. The van der Waals surface area contributed by atoms with Gasteiger partial charge in [-0.05, 0) is 50.1 Å². The van der Waals surface area contributed by atoms with Crippen molar-refractivity contribution in [3.05, 3.63) is 59.8 Å². The Morgan fingerprint density at radius 3 is 2.37 bits per heavy atom. The second kappa shape index (κ2) is 9.04. The van der Waals surface area contributed by atoms with Crippen molar-refractivity contribution in [1.29, 1.82) is 0 Å². The van der Waals surface area contributed by atoms with Gasteiger partial charge < -0.3 is 10.1 Å². The van der Waals surface area contributed by atoms with Gasteiger partial charge in [-0.3, -0.25) is 4.72 Å². The van der Waals surface area contributed by atoms with Crippen molar-refractivity contribution >= 4 is 21.7 Å². The molecule has 9 nitrogen and oxygen atoms in total. The van der Waals surface area contributed by atoms with E-state index in [2.05, 4.69) is 36.9 Å². The minimum absolute atomic E-state index is 0.164. The zero-order valence-electron chi connectivity index (χ0n) is 17.2. The number of aryl methyl sites for hydroxylation is 2. The number of hydrogen-bond donors (Lipinski definition) is 2. The number of anilines is 2. The number of benzene rings is 1. The predicted octanol–water partition coefficient (Wildman–Crippen LogP) is 3.47. The van der Waals surface area contributed by atoms with Gasteiger partial charge in [0.2, 0.25) is 21.9 Å². The van der Waals surface area contributed by atoms with Gasteiger partial charge in [-0.15, -0.1) is 0 Å². The van der Waals surface area contributed by atoms with Gasteiger partial charge in [0.1, 0.15) is 11.6 Å². The lowest BCUT2D eigenvalue weighted by Crippen LogP contribution is -2.12. The highest BCUT2D eigenvalue weighted by Gasteiger charge is 2.13. The summed E-state index contributed by atoms with van der Waals surface area (Å²) >= 11 is 0. The average Bonchev–Trinajstić information content (AvgIpc) is 2.68. The van der Waals surface area contributed by atoms with E-state index >= 15 is 0 Å². The van der Waals surface area contributed by atoms with Gasteiger partial charge in [0.15, 0.2) is 0 Å². The molecule has 0 saturated heterocycles. The molecule has 1 atom stereocenters. The summed E-state index contributed by atoms with van der Waals surface area (Å²) in [6, 6.07) is 8.14. The maximum Gasteiger partial charge on any atom is 0.229 e. The number of ether oxygens (including phenoxy) is 1. The summed E-state index contributed by atoms with van der Waals surface area (Å²) in [5.41, 5.74) is 2.26. The first kappa shape index (κ1) is 21.4. The molecule has 2 heterocycles. The van der Waals surface area contributed by atoms with E-state index in [4.69, 9.17) is 4.74 Å². The van der Waals surface area contributed by atoms with Crippen molar-refractivity contribution in [3.63, 3.8) is 0 Å². The van der Waals surface area contributed by atoms with E-state index in [1.807, 2.05) is 6.92 Å². The van der Waals surface area contributed by atoms with Crippen LogP contribution in [0.3, 0.4) is 0 Å². The maximum atomic E-state index is 11.3. The second-order valence-electron chi connectivity index (χ2n) is 6.81. The molecule has 0 fully saturated rings. The monoisotopic (exact) mass is 428 g/mol. The molecule has 158 valence electrons. The van der Waals surface area contributed by atoms with Crippen molar-refractivity contribution in [1.82, 2.24) is 19.9 Å². The van der Waals surface area contributed by atoms with Crippen molar-refractivity contribution in [2.45, 2.75) is 33.2 Å². The summed E-state index contributed by atoms with van der Waals surface area (Å²) in [6.07, 6.45) is 5.57. The molecule has 0 amide bonds. The second-order valence-corrected chi connectivity index (χ2v) is 8.56. The summed E-state index contributed by atoms with van der Waals surface area (Å²) in [5.74, 6) is 2.00. The van der Waals surface area contributed by atoms with Crippen LogP contribution in [0.5, 0.6) is 11.6 Å². The predicted molar refractivity (Wildman–Crippen MR) is 115 cm³/mol. The minimum Gasteiger partial charge on any atom is -0.439 e. The number of aromatic nitrogens is 4. The number of nitrogens with one attached hydrogen (secondary N) is 2. The van der Waals surface area contributed by atoms with E-state index in [1.54, 1.807) is 49.6 Å². The van der Waals surface area contributed by atoms with Crippen LogP contribution in [0.15, 0.2) is 42.7 Å². The van der Waals surface area contributed by atoms with Crippen LogP contribution in [-0.4, -0.2) is 34.6 Å². The number of rotatable bonds is 8. The quantitative estimate of drug-likeness (QED) is 0.560. The molecule has 0 spiro atoms. The largest absolute Gasteiger partial charge is 0.439 e. The van der Waals surface area contributed by atoms with Gasteiger partial charge in [-0.25, -0.2) is 23.4 Å². The summed E-state index contributed by atoms with van der Waals surface area (Å²) < 4.78 is 30.8. The molecule has 1 unspecified atom stereocenters. The molecule has 30 heavy (non-hydrogen) atoms. The molecule has 2 aromatic heterocycles. The van der Waals surface area contributed by atoms with Crippen LogP contribution in [-0.2, 0) is 16.4 Å². The molecule has 3 rings (SSSR count). The van der Waals surface area contributed by atoms with Gasteiger partial charge in [0.25, 0.3) is 0 Å². The summed E-state index contributed by atoms with van der Waals surface area (Å²) in [4.78, 5) is 17.4. The number of sulfonamides is 1. The molecular formula is C20H24N6O3S. The molecule has 0 saturated carbocycles. The molecule has 10 heteroatoms. The van der Waals surface area contributed by atoms with Crippen LogP contribution in [0.1, 0.15) is 37.0 Å². The average molecular weight is 429 g/mol. The van der Waals surface area contributed by atoms with Gasteiger partial charge in [-0.1, -0.05) is 6.92 Å². The molecule has 0 bridgehead atoms. The van der Waals surface area contributed by atoms with E-state index in [1.165, 1.54) is 0 Å². The Bertz CT molecular complexity index is 1100. The molecule has 0 aliphatic carbocycles. The summed E-state index contributed by atoms with van der Waals surface area (Å²) in [7, 11) is -3.33. The van der Waals surface area contributed by atoms with Crippen molar-refractivity contribution in [3.8, 4) is 11.6 Å². The Labute approximate surface area is 176 Å². The van der Waals surface area contributed by atoms with Crippen molar-refractivity contribution in [2.75, 3.05) is 16.3 Å². The Morgan fingerprint density at radius 2 is 1.77 bits per heavy atom. The Hall–Kier alpha value is -3.27. The SMILES string of the molecule is CCc1cnc(NC(C)c2cc(Oc3ccc(NS(C)(=O)=O)cc3)nc(C)n2)nc1. The molecular weight excluding hydrogens is 404 g/mol. The topological polar surface area (TPSA) is 119 Å². The van der Waals surface area contributed by atoms with Gasteiger partial charge in [0, 0.05) is 24.1 Å². The van der Waals surface area contributed by atoms with Gasteiger partial charge >= 0.3 is 0 Å². The fraction of sp³-hybridized carbons (Fsp3) is 0.300. The van der Waals surface area contributed by atoms with Crippen LogP contribution in [0.2, 0.25) is 0 Å². The van der Waals surface area contributed by atoms with Crippen molar-refractivity contribution in [2.24, 2.45) is 0 Å². The lowest BCUT2D eigenvalue weighted by Gasteiger charge is -2.15. The Morgan fingerprint density at radius 1 is 1.10 bits per heavy atom. The fourth-order valence-corrected chi connectivity index (χ4v) is 3.21. The molecule has 1 aromatic carbocycles. The highest BCUT2D eigenvalue weighted by Crippen LogP contribution is 2.25. The zero-order chi connectivity index (χ0) is 21.7. The van der Waals surface area contributed by atoms with E-state index in [9.17, 15) is 8.42 Å². The van der Waals surface area contributed by atoms with Gasteiger partial charge in [-0.2, -0.15) is 4.98 Å². The third-order valence-electron chi connectivity index (χ3n) is 4.12. The first-order valence-electron chi connectivity index (χ1n) is 9.40. The van der Waals surface area contributed by atoms with E-state index in [-0.39, 0.29) is 6.04 Å². The first-order chi connectivity index (χ1) is 14.2. The van der Waals surface area contributed by atoms with E-state index < -0.39 is 10.0 Å². The van der Waals surface area contributed by atoms with Crippen molar-refractivity contribution < 1.29 is 13.2 Å². The lowest BCUT2D eigenvalue weighted by molar-refractivity contribution is 0.457. The normalized spacial score (nSPS) is 12.3. The highest BCUT2D eigenvalue weighted by molar-refractivity contribution is 7.92.